The van der Waals surface area contributed by atoms with Crippen molar-refractivity contribution in [3.05, 3.63) is 0 Å². The van der Waals surface area contributed by atoms with Crippen LogP contribution in [-0.2, 0) is 9.53 Å². The van der Waals surface area contributed by atoms with Crippen molar-refractivity contribution in [3.63, 3.8) is 0 Å². The Bertz CT molecular complexity index is 158. The third-order valence-electron chi connectivity index (χ3n) is 2.09. The summed E-state index contributed by atoms with van der Waals surface area (Å²) in [5.74, 6) is 0.567. The number of carbonyl (C=O) groups is 1. The Kier molecular flexibility index (Phi) is 4.78. The molecular formula is C9H18N2O2. The lowest BCUT2D eigenvalue weighted by molar-refractivity contribution is -0.122. The Hall–Kier alpha value is -0.610. The van der Waals surface area contributed by atoms with Crippen LogP contribution in [0.5, 0.6) is 0 Å². The number of nitrogens with two attached hydrogens (primary N) is 1. The predicted molar refractivity (Wildman–Crippen MR) is 50.2 cm³/mol. The number of primary amides is 1. The monoisotopic (exact) mass is 186 g/mol. The molecule has 76 valence electrons. The maximum absolute atomic E-state index is 10.3. The van der Waals surface area contributed by atoms with Gasteiger partial charge in [0.25, 0.3) is 0 Å². The maximum atomic E-state index is 10.3. The van der Waals surface area contributed by atoms with E-state index in [1.807, 2.05) is 0 Å². The average Bonchev–Trinajstić information content (AvgIpc) is 2.86. The highest BCUT2D eigenvalue weighted by atomic mass is 16.5. The molecule has 0 aromatic carbocycles. The van der Waals surface area contributed by atoms with Crippen molar-refractivity contribution in [1.29, 1.82) is 0 Å². The van der Waals surface area contributed by atoms with Gasteiger partial charge in [-0.15, -0.1) is 0 Å². The molecule has 0 aliphatic heterocycles. The Morgan fingerprint density at radius 1 is 1.46 bits per heavy atom. The van der Waals surface area contributed by atoms with Crippen molar-refractivity contribution in [1.82, 2.24) is 5.32 Å². The van der Waals surface area contributed by atoms with E-state index in [4.69, 9.17) is 10.5 Å². The minimum absolute atomic E-state index is 0.0320. The van der Waals surface area contributed by atoms with Gasteiger partial charge < -0.3 is 15.8 Å². The molecular weight excluding hydrogens is 168 g/mol. The number of carbonyl (C=O) groups excluding carboxylic acids is 1. The van der Waals surface area contributed by atoms with Crippen LogP contribution >= 0.6 is 0 Å². The molecule has 1 saturated carbocycles. The van der Waals surface area contributed by atoms with Crippen LogP contribution in [-0.4, -0.2) is 32.2 Å². The number of hydrogen-bond donors (Lipinski definition) is 2. The lowest BCUT2D eigenvalue weighted by atomic mass is 10.3. The fourth-order valence-electron chi connectivity index (χ4n) is 1.15. The first-order valence-corrected chi connectivity index (χ1v) is 4.86. The molecule has 4 nitrogen and oxygen atoms in total. The molecule has 0 bridgehead atoms. The minimum atomic E-state index is -0.405. The van der Waals surface area contributed by atoms with Crippen LogP contribution in [0.25, 0.3) is 0 Å². The lowest BCUT2D eigenvalue weighted by Crippen LogP contribution is -2.24. The number of amides is 1. The van der Waals surface area contributed by atoms with E-state index in [0.29, 0.717) is 6.61 Å². The molecule has 0 saturated heterocycles. The summed E-state index contributed by atoms with van der Waals surface area (Å²) < 4.78 is 4.98. The van der Waals surface area contributed by atoms with Crippen LogP contribution in [0.1, 0.15) is 19.3 Å². The van der Waals surface area contributed by atoms with E-state index in [9.17, 15) is 4.79 Å². The number of hydrogen-bond acceptors (Lipinski definition) is 3. The lowest BCUT2D eigenvalue weighted by Gasteiger charge is -2.03. The average molecular weight is 186 g/mol. The van der Waals surface area contributed by atoms with Gasteiger partial charge in [-0.25, -0.2) is 0 Å². The zero-order valence-corrected chi connectivity index (χ0v) is 7.92. The molecule has 13 heavy (non-hydrogen) atoms. The van der Waals surface area contributed by atoms with Gasteiger partial charge in [-0.1, -0.05) is 12.8 Å². The normalized spacial score (nSPS) is 16.0. The minimum Gasteiger partial charge on any atom is -0.370 e. The molecule has 1 aliphatic carbocycles. The van der Waals surface area contributed by atoms with Crippen LogP contribution in [0.4, 0.5) is 0 Å². The fraction of sp³-hybridized carbons (Fsp3) is 0.889. The summed E-state index contributed by atoms with van der Waals surface area (Å²) >= 11 is 0. The summed E-state index contributed by atoms with van der Waals surface area (Å²) in [5.41, 5.74) is 4.90. The summed E-state index contributed by atoms with van der Waals surface area (Å²) in [4.78, 5) is 10.3. The van der Waals surface area contributed by atoms with Gasteiger partial charge in [0.15, 0.2) is 0 Å². The SMILES string of the molecule is NC(=O)COCCNCCC1CC1. The van der Waals surface area contributed by atoms with Gasteiger partial charge in [0, 0.05) is 6.54 Å². The fourth-order valence-corrected chi connectivity index (χ4v) is 1.15. The smallest absolute Gasteiger partial charge is 0.243 e. The first-order chi connectivity index (χ1) is 6.29. The van der Waals surface area contributed by atoms with Gasteiger partial charge in [0.2, 0.25) is 5.91 Å². The summed E-state index contributed by atoms with van der Waals surface area (Å²) in [6, 6.07) is 0. The van der Waals surface area contributed by atoms with Gasteiger partial charge >= 0.3 is 0 Å². The van der Waals surface area contributed by atoms with Gasteiger partial charge in [0.1, 0.15) is 6.61 Å². The molecule has 1 rings (SSSR count). The molecule has 0 aromatic heterocycles. The van der Waals surface area contributed by atoms with E-state index in [2.05, 4.69) is 5.32 Å². The Balaban J connectivity index is 1.70. The van der Waals surface area contributed by atoms with E-state index in [-0.39, 0.29) is 6.61 Å². The summed E-state index contributed by atoms with van der Waals surface area (Å²) in [5, 5.41) is 3.25. The van der Waals surface area contributed by atoms with Crippen molar-refractivity contribution in [3.8, 4) is 0 Å². The standard InChI is InChI=1S/C9H18N2O2/c10-9(12)7-13-6-5-11-4-3-8-1-2-8/h8,11H,1-7H2,(H2,10,12). The highest BCUT2D eigenvalue weighted by molar-refractivity contribution is 5.74. The Morgan fingerprint density at radius 3 is 2.85 bits per heavy atom. The van der Waals surface area contributed by atoms with Crippen molar-refractivity contribution >= 4 is 5.91 Å². The van der Waals surface area contributed by atoms with E-state index < -0.39 is 5.91 Å². The molecule has 4 heteroatoms. The van der Waals surface area contributed by atoms with Crippen LogP contribution in [0, 0.1) is 5.92 Å². The Labute approximate surface area is 78.8 Å². The molecule has 0 spiro atoms. The zero-order chi connectivity index (χ0) is 9.52. The molecule has 1 aliphatic rings. The third-order valence-corrected chi connectivity index (χ3v) is 2.09. The van der Waals surface area contributed by atoms with E-state index in [1.54, 1.807) is 0 Å². The number of nitrogens with one attached hydrogen (secondary N) is 1. The maximum Gasteiger partial charge on any atom is 0.243 e. The molecule has 0 unspecified atom stereocenters. The van der Waals surface area contributed by atoms with Crippen molar-refractivity contribution in [2.75, 3.05) is 26.3 Å². The zero-order valence-electron chi connectivity index (χ0n) is 7.92. The molecule has 3 N–H and O–H groups in total. The van der Waals surface area contributed by atoms with E-state index in [1.165, 1.54) is 19.3 Å². The van der Waals surface area contributed by atoms with E-state index in [0.717, 1.165) is 19.0 Å². The molecule has 0 heterocycles. The second-order valence-electron chi connectivity index (χ2n) is 3.50. The quantitative estimate of drug-likeness (QED) is 0.519. The van der Waals surface area contributed by atoms with Gasteiger partial charge in [-0.3, -0.25) is 4.79 Å². The van der Waals surface area contributed by atoms with Crippen LogP contribution in [0.2, 0.25) is 0 Å². The molecule has 1 fully saturated rings. The van der Waals surface area contributed by atoms with Crippen LogP contribution in [0.15, 0.2) is 0 Å². The van der Waals surface area contributed by atoms with Gasteiger partial charge in [-0.05, 0) is 18.9 Å². The third kappa shape index (κ3) is 6.54. The van der Waals surface area contributed by atoms with Crippen molar-refractivity contribution in [2.45, 2.75) is 19.3 Å². The predicted octanol–water partition coefficient (Wildman–Crippen LogP) is -0.122. The summed E-state index contributed by atoms with van der Waals surface area (Å²) in [6.45, 7) is 2.46. The largest absolute Gasteiger partial charge is 0.370 e. The highest BCUT2D eigenvalue weighted by Gasteiger charge is 2.19. The van der Waals surface area contributed by atoms with Gasteiger partial charge in [-0.2, -0.15) is 0 Å². The molecule has 1 amide bonds. The topological polar surface area (TPSA) is 64.4 Å². The second kappa shape index (κ2) is 5.94. The molecule has 0 aromatic rings. The molecule has 0 radical (unpaired) electrons. The van der Waals surface area contributed by atoms with Crippen molar-refractivity contribution < 1.29 is 9.53 Å². The van der Waals surface area contributed by atoms with Crippen LogP contribution in [0.3, 0.4) is 0 Å². The van der Waals surface area contributed by atoms with E-state index >= 15 is 0 Å². The van der Waals surface area contributed by atoms with Crippen molar-refractivity contribution in [2.24, 2.45) is 11.7 Å². The van der Waals surface area contributed by atoms with Crippen LogP contribution < -0.4 is 11.1 Å². The summed E-state index contributed by atoms with van der Waals surface area (Å²) in [6.07, 6.45) is 4.08. The first kappa shape index (κ1) is 10.5. The first-order valence-electron chi connectivity index (χ1n) is 4.86. The Morgan fingerprint density at radius 2 is 2.23 bits per heavy atom. The second-order valence-corrected chi connectivity index (χ2v) is 3.50. The number of rotatable bonds is 8. The van der Waals surface area contributed by atoms with Gasteiger partial charge in [0.05, 0.1) is 6.61 Å². The summed E-state index contributed by atoms with van der Waals surface area (Å²) in [7, 11) is 0. The molecule has 0 atom stereocenters. The highest BCUT2D eigenvalue weighted by Crippen LogP contribution is 2.31. The number of ether oxygens (including phenoxy) is 1.